The molecular formula is C35H24N2S. The molecule has 0 atom stereocenters. The number of fused-ring (bicyclic) bond motifs is 3. The van der Waals surface area contributed by atoms with E-state index in [2.05, 4.69) is 144 Å². The van der Waals surface area contributed by atoms with E-state index >= 15 is 0 Å². The van der Waals surface area contributed by atoms with Crippen LogP contribution in [0.25, 0.3) is 42.6 Å². The molecule has 2 nitrogen and oxygen atoms in total. The van der Waals surface area contributed by atoms with Gasteiger partial charge in [0.25, 0.3) is 0 Å². The largest absolute Gasteiger partial charge is 0.310 e. The van der Waals surface area contributed by atoms with Gasteiger partial charge in [0.1, 0.15) is 4.83 Å². The zero-order valence-electron chi connectivity index (χ0n) is 20.7. The quantitative estimate of drug-likeness (QED) is 0.232. The third-order valence-corrected chi connectivity index (χ3v) is 8.04. The average molecular weight is 505 g/mol. The summed E-state index contributed by atoms with van der Waals surface area (Å²) in [6.45, 7) is 0. The molecule has 0 spiro atoms. The molecule has 5 aromatic carbocycles. The monoisotopic (exact) mass is 504 g/mol. The van der Waals surface area contributed by atoms with Crippen molar-refractivity contribution in [2.75, 3.05) is 4.90 Å². The zero-order valence-corrected chi connectivity index (χ0v) is 21.5. The third-order valence-electron chi connectivity index (χ3n) is 6.96. The Labute approximate surface area is 226 Å². The van der Waals surface area contributed by atoms with E-state index in [0.29, 0.717) is 0 Å². The summed E-state index contributed by atoms with van der Waals surface area (Å²) in [5, 5.41) is 2.43. The van der Waals surface area contributed by atoms with Crippen LogP contribution in [0.1, 0.15) is 0 Å². The normalized spacial score (nSPS) is 11.2. The topological polar surface area (TPSA) is 16.1 Å². The van der Waals surface area contributed by atoms with E-state index in [1.165, 1.54) is 37.7 Å². The van der Waals surface area contributed by atoms with Crippen molar-refractivity contribution in [1.29, 1.82) is 0 Å². The molecule has 180 valence electrons. The summed E-state index contributed by atoms with van der Waals surface area (Å²) in [5.41, 5.74) is 8.19. The second-order valence-corrected chi connectivity index (χ2v) is 10.3. The van der Waals surface area contributed by atoms with E-state index in [4.69, 9.17) is 4.98 Å². The lowest BCUT2D eigenvalue weighted by Gasteiger charge is -2.26. The van der Waals surface area contributed by atoms with Gasteiger partial charge in [0.15, 0.2) is 0 Å². The summed E-state index contributed by atoms with van der Waals surface area (Å²) in [6.07, 6.45) is 1.93. The van der Waals surface area contributed by atoms with Crippen LogP contribution in [0.15, 0.2) is 146 Å². The van der Waals surface area contributed by atoms with Gasteiger partial charge in [-0.25, -0.2) is 4.98 Å². The molecule has 0 bridgehead atoms. The predicted octanol–water partition coefficient (Wildman–Crippen LogP) is 10.3. The first-order valence-corrected chi connectivity index (χ1v) is 13.5. The molecule has 0 amide bonds. The summed E-state index contributed by atoms with van der Waals surface area (Å²) >= 11 is 1.75. The molecule has 0 aliphatic heterocycles. The third kappa shape index (κ3) is 4.03. The number of benzene rings is 5. The highest BCUT2D eigenvalue weighted by atomic mass is 32.1. The lowest BCUT2D eigenvalue weighted by molar-refractivity contribution is 1.29. The second-order valence-electron chi connectivity index (χ2n) is 9.27. The van der Waals surface area contributed by atoms with Gasteiger partial charge in [0, 0.05) is 33.0 Å². The van der Waals surface area contributed by atoms with E-state index in [1.807, 2.05) is 6.20 Å². The highest BCUT2D eigenvalue weighted by molar-refractivity contribution is 7.25. The van der Waals surface area contributed by atoms with E-state index < -0.39 is 0 Å². The van der Waals surface area contributed by atoms with Gasteiger partial charge in [-0.3, -0.25) is 0 Å². The minimum atomic E-state index is 1.05. The van der Waals surface area contributed by atoms with Crippen LogP contribution in [0, 0.1) is 0 Å². The summed E-state index contributed by atoms with van der Waals surface area (Å²) in [5.74, 6) is 0. The van der Waals surface area contributed by atoms with Gasteiger partial charge in [-0.05, 0) is 58.7 Å². The maximum Gasteiger partial charge on any atom is 0.126 e. The van der Waals surface area contributed by atoms with Crippen LogP contribution in [0.2, 0.25) is 0 Å². The fourth-order valence-corrected chi connectivity index (χ4v) is 6.18. The Hall–Kier alpha value is -4.73. The molecule has 38 heavy (non-hydrogen) atoms. The molecule has 0 N–H and O–H groups in total. The molecule has 2 aromatic heterocycles. The molecule has 0 saturated heterocycles. The van der Waals surface area contributed by atoms with Gasteiger partial charge in [-0.15, -0.1) is 11.3 Å². The Bertz CT molecular complexity index is 1760. The molecule has 0 radical (unpaired) electrons. The molecule has 2 heterocycles. The fourth-order valence-electron chi connectivity index (χ4n) is 5.11. The van der Waals surface area contributed by atoms with Gasteiger partial charge in [-0.1, -0.05) is 103 Å². The molecule has 0 fully saturated rings. The summed E-state index contributed by atoms with van der Waals surface area (Å²) in [6, 6.07) is 49.5. The summed E-state index contributed by atoms with van der Waals surface area (Å²) in [7, 11) is 0. The van der Waals surface area contributed by atoms with Crippen LogP contribution >= 0.6 is 11.3 Å². The minimum absolute atomic E-state index is 1.05. The Morgan fingerprint density at radius 3 is 1.55 bits per heavy atom. The Balaban J connectivity index is 1.40. The first-order chi connectivity index (χ1) is 18.8. The van der Waals surface area contributed by atoms with Crippen molar-refractivity contribution >= 4 is 48.7 Å². The number of aromatic nitrogens is 1. The van der Waals surface area contributed by atoms with E-state index in [0.717, 1.165) is 21.9 Å². The first kappa shape index (κ1) is 22.5. The highest BCUT2D eigenvalue weighted by Crippen LogP contribution is 2.44. The minimum Gasteiger partial charge on any atom is -0.310 e. The number of hydrogen-bond donors (Lipinski definition) is 0. The Morgan fingerprint density at radius 1 is 0.474 bits per heavy atom. The van der Waals surface area contributed by atoms with Gasteiger partial charge in [-0.2, -0.15) is 0 Å². The predicted molar refractivity (Wildman–Crippen MR) is 163 cm³/mol. The number of pyridine rings is 1. The maximum absolute atomic E-state index is 4.75. The first-order valence-electron chi connectivity index (χ1n) is 12.7. The smallest absolute Gasteiger partial charge is 0.126 e. The zero-order chi connectivity index (χ0) is 25.3. The molecule has 7 rings (SSSR count). The average Bonchev–Trinajstić information content (AvgIpc) is 3.38. The number of hydrogen-bond acceptors (Lipinski definition) is 3. The number of nitrogens with zero attached hydrogens (tertiary/aromatic N) is 2. The van der Waals surface area contributed by atoms with Crippen molar-refractivity contribution in [2.24, 2.45) is 0 Å². The molecule has 0 aliphatic rings. The number of thiophene rings is 1. The highest BCUT2D eigenvalue weighted by Gasteiger charge is 2.19. The molecule has 0 saturated carbocycles. The van der Waals surface area contributed by atoms with Crippen LogP contribution in [-0.2, 0) is 0 Å². The van der Waals surface area contributed by atoms with Gasteiger partial charge < -0.3 is 4.90 Å². The van der Waals surface area contributed by atoms with Crippen LogP contribution in [0.3, 0.4) is 0 Å². The SMILES string of the molecule is c1ccc(-c2ccc(N(c3ccc(-c4ccccc4)cc3)c3ccnc4sc5ccccc5c34)cc2)cc1. The van der Waals surface area contributed by atoms with E-state index in [-0.39, 0.29) is 0 Å². The Kier molecular flexibility index (Phi) is 5.69. The lowest BCUT2D eigenvalue weighted by atomic mass is 10.0. The van der Waals surface area contributed by atoms with Crippen molar-refractivity contribution in [3.05, 3.63) is 146 Å². The van der Waals surface area contributed by atoms with Crippen molar-refractivity contribution in [2.45, 2.75) is 0 Å². The van der Waals surface area contributed by atoms with Crippen molar-refractivity contribution < 1.29 is 0 Å². The van der Waals surface area contributed by atoms with E-state index in [1.54, 1.807) is 11.3 Å². The lowest BCUT2D eigenvalue weighted by Crippen LogP contribution is -2.10. The summed E-state index contributed by atoms with van der Waals surface area (Å²) < 4.78 is 1.25. The molecular weight excluding hydrogens is 480 g/mol. The number of anilines is 3. The Morgan fingerprint density at radius 2 is 0.974 bits per heavy atom. The molecule has 7 aromatic rings. The van der Waals surface area contributed by atoms with Gasteiger partial charge in [0.2, 0.25) is 0 Å². The standard InChI is InChI=1S/C35H24N2S/c1-3-9-25(10-4-1)27-15-19-29(20-16-27)37(30-21-17-28(18-22-30)26-11-5-2-6-12-26)32-23-24-36-35-34(32)31-13-7-8-14-33(31)38-35/h1-24H. The van der Waals surface area contributed by atoms with Crippen molar-refractivity contribution in [3.63, 3.8) is 0 Å². The second kappa shape index (κ2) is 9.62. The van der Waals surface area contributed by atoms with Crippen LogP contribution in [0.5, 0.6) is 0 Å². The van der Waals surface area contributed by atoms with Crippen molar-refractivity contribution in [3.8, 4) is 22.3 Å². The van der Waals surface area contributed by atoms with Crippen LogP contribution in [0.4, 0.5) is 17.1 Å². The molecule has 0 aliphatic carbocycles. The van der Waals surface area contributed by atoms with E-state index in [9.17, 15) is 0 Å². The molecule has 0 unspecified atom stereocenters. The molecule has 3 heteroatoms. The fraction of sp³-hybridized carbons (Fsp3) is 0. The number of rotatable bonds is 5. The van der Waals surface area contributed by atoms with Gasteiger partial charge in [0.05, 0.1) is 5.69 Å². The van der Waals surface area contributed by atoms with Crippen LogP contribution < -0.4 is 4.90 Å². The summed E-state index contributed by atoms with van der Waals surface area (Å²) in [4.78, 5) is 8.15. The van der Waals surface area contributed by atoms with Crippen molar-refractivity contribution in [1.82, 2.24) is 4.98 Å². The maximum atomic E-state index is 4.75. The van der Waals surface area contributed by atoms with Crippen LogP contribution in [-0.4, -0.2) is 4.98 Å². The van der Waals surface area contributed by atoms with Gasteiger partial charge >= 0.3 is 0 Å².